The van der Waals surface area contributed by atoms with E-state index < -0.39 is 5.97 Å². The maximum Gasteiger partial charge on any atom is 0.337 e. The number of carbonyl (C=O) groups excluding carboxylic acids is 2. The lowest BCUT2D eigenvalue weighted by Gasteiger charge is -2.33. The zero-order chi connectivity index (χ0) is 27.1. The Balaban J connectivity index is 1.71. The third-order valence-corrected chi connectivity index (χ3v) is 6.38. The van der Waals surface area contributed by atoms with Gasteiger partial charge in [-0.15, -0.1) is 0 Å². The highest BCUT2D eigenvalue weighted by Gasteiger charge is 2.25. The Hall–Kier alpha value is -4.24. The van der Waals surface area contributed by atoms with Gasteiger partial charge in [0.05, 0.1) is 53.8 Å². The zero-order valence-electron chi connectivity index (χ0n) is 22.1. The third-order valence-electron chi connectivity index (χ3n) is 6.38. The van der Waals surface area contributed by atoms with Gasteiger partial charge in [0.15, 0.2) is 11.5 Å². The summed E-state index contributed by atoms with van der Waals surface area (Å²) in [7, 11) is 6.06. The lowest BCUT2D eigenvalue weighted by molar-refractivity contribution is 0.0548. The van der Waals surface area contributed by atoms with Crippen LogP contribution in [0.4, 0.5) is 10.5 Å². The first-order chi connectivity index (χ1) is 18.5. The van der Waals surface area contributed by atoms with Gasteiger partial charge in [-0.2, -0.15) is 0 Å². The molecule has 38 heavy (non-hydrogen) atoms. The van der Waals surface area contributed by atoms with Crippen molar-refractivity contribution in [2.45, 2.75) is 6.54 Å². The molecule has 0 radical (unpaired) electrons. The maximum absolute atomic E-state index is 13.7. The number of hydrogen-bond donors (Lipinski definition) is 0. The van der Waals surface area contributed by atoms with E-state index in [0.717, 1.165) is 22.4 Å². The van der Waals surface area contributed by atoms with Gasteiger partial charge in [0.25, 0.3) is 0 Å². The van der Waals surface area contributed by atoms with E-state index in [-0.39, 0.29) is 6.03 Å². The van der Waals surface area contributed by atoms with Crippen LogP contribution in [0.5, 0.6) is 17.2 Å². The van der Waals surface area contributed by atoms with Crippen molar-refractivity contribution in [3.8, 4) is 28.4 Å². The molecule has 9 heteroatoms. The van der Waals surface area contributed by atoms with Crippen LogP contribution in [0, 0.1) is 0 Å². The molecule has 1 aliphatic rings. The van der Waals surface area contributed by atoms with E-state index in [1.807, 2.05) is 48.5 Å². The van der Waals surface area contributed by atoms with E-state index in [0.29, 0.717) is 55.7 Å². The Morgan fingerprint density at radius 2 is 1.50 bits per heavy atom. The molecule has 0 bridgehead atoms. The Morgan fingerprint density at radius 1 is 0.842 bits per heavy atom. The van der Waals surface area contributed by atoms with Crippen LogP contribution in [0.3, 0.4) is 0 Å². The number of rotatable bonds is 8. The molecule has 0 N–H and O–H groups in total. The molecule has 1 fully saturated rings. The van der Waals surface area contributed by atoms with Gasteiger partial charge >= 0.3 is 12.0 Å². The van der Waals surface area contributed by atoms with E-state index in [1.54, 1.807) is 43.3 Å². The molecule has 0 aliphatic carbocycles. The number of morpholine rings is 1. The van der Waals surface area contributed by atoms with E-state index in [2.05, 4.69) is 0 Å². The Morgan fingerprint density at radius 3 is 2.08 bits per heavy atom. The van der Waals surface area contributed by atoms with Gasteiger partial charge < -0.3 is 28.6 Å². The van der Waals surface area contributed by atoms with Crippen molar-refractivity contribution in [2.75, 3.05) is 59.6 Å². The number of amides is 2. The van der Waals surface area contributed by atoms with E-state index in [9.17, 15) is 9.59 Å². The van der Waals surface area contributed by atoms with Crippen molar-refractivity contribution in [3.05, 3.63) is 71.8 Å². The zero-order valence-corrected chi connectivity index (χ0v) is 22.1. The summed E-state index contributed by atoms with van der Waals surface area (Å²) in [5.41, 5.74) is 3.78. The molecule has 1 heterocycles. The fourth-order valence-corrected chi connectivity index (χ4v) is 4.34. The average Bonchev–Trinajstić information content (AvgIpc) is 2.99. The van der Waals surface area contributed by atoms with E-state index in [4.69, 9.17) is 23.7 Å². The predicted molar refractivity (Wildman–Crippen MR) is 143 cm³/mol. The van der Waals surface area contributed by atoms with E-state index >= 15 is 0 Å². The first-order valence-electron chi connectivity index (χ1n) is 12.2. The van der Waals surface area contributed by atoms with Crippen LogP contribution in [-0.2, 0) is 16.0 Å². The second kappa shape index (κ2) is 12.3. The van der Waals surface area contributed by atoms with Crippen LogP contribution >= 0.6 is 0 Å². The maximum atomic E-state index is 13.7. The first-order valence-corrected chi connectivity index (χ1v) is 12.2. The minimum Gasteiger partial charge on any atom is -0.493 e. The van der Waals surface area contributed by atoms with Crippen molar-refractivity contribution in [1.82, 2.24) is 4.90 Å². The number of esters is 1. The highest BCUT2D eigenvalue weighted by molar-refractivity contribution is 5.93. The van der Waals surface area contributed by atoms with Crippen LogP contribution in [-0.4, -0.2) is 71.6 Å². The molecule has 0 spiro atoms. The van der Waals surface area contributed by atoms with Gasteiger partial charge in [0.2, 0.25) is 5.75 Å². The van der Waals surface area contributed by atoms with Gasteiger partial charge in [0.1, 0.15) is 0 Å². The summed E-state index contributed by atoms with van der Waals surface area (Å²) in [6.45, 7) is 2.35. The lowest BCUT2D eigenvalue weighted by Crippen LogP contribution is -2.48. The van der Waals surface area contributed by atoms with Crippen LogP contribution in [0.15, 0.2) is 60.7 Å². The van der Waals surface area contributed by atoms with Crippen molar-refractivity contribution in [1.29, 1.82) is 0 Å². The number of hydrogen-bond acceptors (Lipinski definition) is 7. The fourth-order valence-electron chi connectivity index (χ4n) is 4.34. The van der Waals surface area contributed by atoms with Gasteiger partial charge in [0, 0.05) is 18.8 Å². The minimum atomic E-state index is -0.407. The number of methoxy groups -OCH3 is 4. The molecule has 2 amide bonds. The van der Waals surface area contributed by atoms with Crippen LogP contribution in [0.25, 0.3) is 11.1 Å². The number of anilines is 1. The second-order valence-electron chi connectivity index (χ2n) is 8.62. The van der Waals surface area contributed by atoms with Gasteiger partial charge in [-0.1, -0.05) is 24.3 Å². The highest BCUT2D eigenvalue weighted by Crippen LogP contribution is 2.41. The number of ether oxygens (including phenoxy) is 5. The smallest absolute Gasteiger partial charge is 0.337 e. The normalized spacial score (nSPS) is 13.0. The number of nitrogens with zero attached hydrogens (tertiary/aromatic N) is 2. The molecule has 9 nitrogen and oxygen atoms in total. The SMILES string of the molecule is COC(=O)c1ccc(CN(C(=O)N2CCOCC2)c2cccc(-c3cc(OC)c(OC)c(OC)c3)c2)cc1. The Kier molecular flexibility index (Phi) is 8.70. The van der Waals surface area contributed by atoms with Crippen LogP contribution in [0.1, 0.15) is 15.9 Å². The summed E-state index contributed by atoms with van der Waals surface area (Å²) in [5.74, 6) is 1.18. The summed E-state index contributed by atoms with van der Waals surface area (Å²) >= 11 is 0. The monoisotopic (exact) mass is 520 g/mol. The minimum absolute atomic E-state index is 0.118. The second-order valence-corrected chi connectivity index (χ2v) is 8.62. The largest absolute Gasteiger partial charge is 0.493 e. The topological polar surface area (TPSA) is 86.8 Å². The van der Waals surface area contributed by atoms with Gasteiger partial charge in [-0.3, -0.25) is 4.90 Å². The summed E-state index contributed by atoms with van der Waals surface area (Å²) < 4.78 is 26.8. The molecule has 3 aromatic rings. The van der Waals surface area contributed by atoms with Crippen LogP contribution in [0.2, 0.25) is 0 Å². The molecule has 4 rings (SSSR count). The van der Waals surface area contributed by atoms with Gasteiger partial charge in [-0.25, -0.2) is 9.59 Å². The number of benzene rings is 3. The quantitative estimate of drug-likeness (QED) is 0.401. The van der Waals surface area contributed by atoms with E-state index in [1.165, 1.54) is 7.11 Å². The molecule has 0 atom stereocenters. The summed E-state index contributed by atoms with van der Waals surface area (Å²) in [5, 5.41) is 0. The summed E-state index contributed by atoms with van der Waals surface area (Å²) in [6.07, 6.45) is 0. The Bertz CT molecular complexity index is 1250. The highest BCUT2D eigenvalue weighted by atomic mass is 16.5. The van der Waals surface area contributed by atoms with Crippen LogP contribution < -0.4 is 19.1 Å². The molecule has 1 saturated heterocycles. The number of carbonyl (C=O) groups is 2. The average molecular weight is 521 g/mol. The molecule has 3 aromatic carbocycles. The van der Waals surface area contributed by atoms with Crippen molar-refractivity contribution in [2.24, 2.45) is 0 Å². The summed E-state index contributed by atoms with van der Waals surface area (Å²) in [4.78, 5) is 29.1. The molecule has 0 saturated carbocycles. The first kappa shape index (κ1) is 26.8. The lowest BCUT2D eigenvalue weighted by atomic mass is 10.0. The molecule has 1 aliphatic heterocycles. The van der Waals surface area contributed by atoms with Gasteiger partial charge in [-0.05, 0) is 53.1 Å². The standard InChI is InChI=1S/C29H32N2O7/c1-34-25-17-23(18-26(35-2)27(25)36-3)22-6-5-7-24(16-22)31(29(33)30-12-14-38-15-13-30)19-20-8-10-21(11-9-20)28(32)37-4/h5-11,16-18H,12-15,19H2,1-4H3. The van der Waals surface area contributed by atoms with Crippen molar-refractivity contribution >= 4 is 17.7 Å². The molecule has 0 aromatic heterocycles. The fraction of sp³-hybridized carbons (Fsp3) is 0.310. The van der Waals surface area contributed by atoms with Crippen molar-refractivity contribution in [3.63, 3.8) is 0 Å². The third kappa shape index (κ3) is 5.84. The summed E-state index contributed by atoms with van der Waals surface area (Å²) in [6, 6.07) is 18.4. The van der Waals surface area contributed by atoms with Crippen molar-refractivity contribution < 1.29 is 33.3 Å². The molecule has 0 unspecified atom stereocenters. The Labute approximate surface area is 222 Å². The molecular weight excluding hydrogens is 488 g/mol. The number of urea groups is 1. The predicted octanol–water partition coefficient (Wildman–Crippen LogP) is 4.62. The molecular formula is C29H32N2O7. The molecule has 200 valence electrons.